The number of fused-ring (bicyclic) bond motifs is 1. The Balaban J connectivity index is 2.37. The van der Waals surface area contributed by atoms with Gasteiger partial charge < -0.3 is 9.15 Å². The molecule has 0 fully saturated rings. The van der Waals surface area contributed by atoms with Crippen LogP contribution in [-0.4, -0.2) is 11.9 Å². The second-order valence-electron chi connectivity index (χ2n) is 4.25. The molecule has 0 N–H and O–H groups in total. The van der Waals surface area contributed by atoms with Gasteiger partial charge in [0.1, 0.15) is 11.3 Å². The summed E-state index contributed by atoms with van der Waals surface area (Å²) in [5, 5.41) is 0.929. The molecule has 0 amide bonds. The van der Waals surface area contributed by atoms with E-state index in [-0.39, 0.29) is 11.9 Å². The molecule has 3 nitrogen and oxygen atoms in total. The summed E-state index contributed by atoms with van der Waals surface area (Å²) in [6.07, 6.45) is 0.578. The summed E-state index contributed by atoms with van der Waals surface area (Å²) in [5.41, 5.74) is 0.694. The van der Waals surface area contributed by atoms with Crippen molar-refractivity contribution in [3.63, 3.8) is 0 Å². The van der Waals surface area contributed by atoms with Crippen LogP contribution in [0.5, 0.6) is 5.75 Å². The van der Waals surface area contributed by atoms with Crippen LogP contribution >= 0.6 is 0 Å². The average Bonchev–Trinajstić information content (AvgIpc) is 2.70. The van der Waals surface area contributed by atoms with Crippen LogP contribution in [-0.2, 0) is 0 Å². The number of ketones is 1. The molecule has 2 aromatic rings. The highest BCUT2D eigenvalue weighted by molar-refractivity contribution is 5.97. The van der Waals surface area contributed by atoms with E-state index in [4.69, 9.17) is 9.15 Å². The van der Waals surface area contributed by atoms with Crippen LogP contribution in [0, 0.1) is 0 Å². The van der Waals surface area contributed by atoms with Crippen molar-refractivity contribution < 1.29 is 13.9 Å². The summed E-state index contributed by atoms with van der Waals surface area (Å²) in [6.45, 7) is 5.76. The molecule has 0 aliphatic rings. The van der Waals surface area contributed by atoms with Gasteiger partial charge in [-0.15, -0.1) is 0 Å². The summed E-state index contributed by atoms with van der Waals surface area (Å²) >= 11 is 0. The smallest absolute Gasteiger partial charge is 0.197 e. The van der Waals surface area contributed by atoms with Gasteiger partial charge in [0.2, 0.25) is 0 Å². The first-order valence-electron chi connectivity index (χ1n) is 5.83. The van der Waals surface area contributed by atoms with E-state index in [9.17, 15) is 4.79 Å². The average molecular weight is 232 g/mol. The van der Waals surface area contributed by atoms with Crippen molar-refractivity contribution in [2.75, 3.05) is 0 Å². The van der Waals surface area contributed by atoms with Crippen LogP contribution in [0.1, 0.15) is 37.7 Å². The zero-order chi connectivity index (χ0) is 12.4. The fourth-order valence-corrected chi connectivity index (χ4v) is 1.67. The van der Waals surface area contributed by atoms with E-state index in [0.717, 1.165) is 11.1 Å². The van der Waals surface area contributed by atoms with Crippen molar-refractivity contribution >= 4 is 16.8 Å². The molecule has 0 atom stereocenters. The predicted molar refractivity (Wildman–Crippen MR) is 66.6 cm³/mol. The number of carbonyl (C=O) groups excluding carboxylic acids is 1. The summed E-state index contributed by atoms with van der Waals surface area (Å²) in [7, 11) is 0. The van der Waals surface area contributed by atoms with Gasteiger partial charge in [-0.1, -0.05) is 6.92 Å². The van der Waals surface area contributed by atoms with Gasteiger partial charge in [0.05, 0.1) is 6.10 Å². The van der Waals surface area contributed by atoms with Gasteiger partial charge in [0.25, 0.3) is 0 Å². The van der Waals surface area contributed by atoms with Gasteiger partial charge in [-0.05, 0) is 32.0 Å². The van der Waals surface area contributed by atoms with Crippen LogP contribution in [0.2, 0.25) is 0 Å². The fraction of sp³-hybridized carbons (Fsp3) is 0.357. The molecule has 0 unspecified atom stereocenters. The molecular weight excluding hydrogens is 216 g/mol. The largest absolute Gasteiger partial charge is 0.491 e. The van der Waals surface area contributed by atoms with Crippen molar-refractivity contribution in [2.24, 2.45) is 0 Å². The van der Waals surface area contributed by atoms with Crippen molar-refractivity contribution in [3.05, 3.63) is 30.0 Å². The third-order valence-corrected chi connectivity index (χ3v) is 2.46. The number of hydrogen-bond acceptors (Lipinski definition) is 3. The van der Waals surface area contributed by atoms with Gasteiger partial charge in [-0.3, -0.25) is 4.79 Å². The third-order valence-electron chi connectivity index (χ3n) is 2.46. The molecule has 1 aromatic carbocycles. The Labute approximate surface area is 100 Å². The number of carbonyl (C=O) groups is 1. The van der Waals surface area contributed by atoms with Gasteiger partial charge in [-0.2, -0.15) is 0 Å². The Morgan fingerprint density at radius 1 is 1.35 bits per heavy atom. The van der Waals surface area contributed by atoms with Crippen LogP contribution in [0.15, 0.2) is 28.7 Å². The van der Waals surface area contributed by atoms with Crippen molar-refractivity contribution in [1.29, 1.82) is 0 Å². The second kappa shape index (κ2) is 4.62. The minimum absolute atomic E-state index is 0.0209. The maximum absolute atomic E-state index is 11.5. The standard InChI is InChI=1S/C14H16O3/c1-4-12(15)14-7-10-5-6-11(16-9(2)3)8-13(10)17-14/h5-9H,4H2,1-3H3. The van der Waals surface area contributed by atoms with Crippen molar-refractivity contribution in [2.45, 2.75) is 33.3 Å². The zero-order valence-electron chi connectivity index (χ0n) is 10.3. The normalized spacial score (nSPS) is 11.1. The van der Waals surface area contributed by atoms with E-state index < -0.39 is 0 Å². The molecule has 0 bridgehead atoms. The molecule has 3 heteroatoms. The first-order chi connectivity index (χ1) is 8.10. The molecule has 1 heterocycles. The number of benzene rings is 1. The van der Waals surface area contributed by atoms with Gasteiger partial charge in [0, 0.05) is 17.9 Å². The van der Waals surface area contributed by atoms with E-state index in [1.165, 1.54) is 0 Å². The lowest BCUT2D eigenvalue weighted by molar-refractivity contribution is 0.0963. The second-order valence-corrected chi connectivity index (χ2v) is 4.25. The summed E-state index contributed by atoms with van der Waals surface area (Å²) in [6, 6.07) is 7.39. The maximum Gasteiger partial charge on any atom is 0.197 e. The molecule has 0 radical (unpaired) electrons. The Morgan fingerprint density at radius 2 is 2.12 bits per heavy atom. The predicted octanol–water partition coefficient (Wildman–Crippen LogP) is 3.81. The maximum atomic E-state index is 11.5. The lowest BCUT2D eigenvalue weighted by atomic mass is 10.2. The fourth-order valence-electron chi connectivity index (χ4n) is 1.67. The Kier molecular flexibility index (Phi) is 3.18. The van der Waals surface area contributed by atoms with Crippen LogP contribution in [0.3, 0.4) is 0 Å². The first-order valence-corrected chi connectivity index (χ1v) is 5.83. The molecule has 1 aromatic heterocycles. The molecular formula is C14H16O3. The molecule has 0 saturated heterocycles. The summed E-state index contributed by atoms with van der Waals surface area (Å²) in [5.74, 6) is 1.20. The molecule has 0 aliphatic heterocycles. The zero-order valence-corrected chi connectivity index (χ0v) is 10.3. The lowest BCUT2D eigenvalue weighted by Crippen LogP contribution is -2.04. The third kappa shape index (κ3) is 2.49. The Morgan fingerprint density at radius 3 is 2.76 bits per heavy atom. The highest BCUT2D eigenvalue weighted by atomic mass is 16.5. The monoisotopic (exact) mass is 232 g/mol. The summed E-state index contributed by atoms with van der Waals surface area (Å²) in [4.78, 5) is 11.5. The van der Waals surface area contributed by atoms with E-state index in [1.807, 2.05) is 39.0 Å². The van der Waals surface area contributed by atoms with E-state index >= 15 is 0 Å². The van der Waals surface area contributed by atoms with Crippen molar-refractivity contribution in [3.8, 4) is 5.75 Å². The first kappa shape index (κ1) is 11.7. The molecule has 0 aliphatic carbocycles. The molecule has 17 heavy (non-hydrogen) atoms. The summed E-state index contributed by atoms with van der Waals surface area (Å²) < 4.78 is 11.1. The molecule has 90 valence electrons. The van der Waals surface area contributed by atoms with E-state index in [0.29, 0.717) is 17.8 Å². The Hall–Kier alpha value is -1.77. The highest BCUT2D eigenvalue weighted by Crippen LogP contribution is 2.25. The lowest BCUT2D eigenvalue weighted by Gasteiger charge is -2.08. The van der Waals surface area contributed by atoms with Gasteiger partial charge >= 0.3 is 0 Å². The van der Waals surface area contributed by atoms with Crippen molar-refractivity contribution in [1.82, 2.24) is 0 Å². The number of rotatable bonds is 4. The van der Waals surface area contributed by atoms with Crippen LogP contribution in [0.25, 0.3) is 11.0 Å². The van der Waals surface area contributed by atoms with Crippen LogP contribution < -0.4 is 4.74 Å². The van der Waals surface area contributed by atoms with Gasteiger partial charge in [0.15, 0.2) is 11.5 Å². The quantitative estimate of drug-likeness (QED) is 0.752. The number of ether oxygens (including phenoxy) is 1. The number of furan rings is 1. The molecule has 0 spiro atoms. The minimum atomic E-state index is 0.0209. The van der Waals surface area contributed by atoms with Crippen LogP contribution in [0.4, 0.5) is 0 Å². The highest BCUT2D eigenvalue weighted by Gasteiger charge is 2.11. The minimum Gasteiger partial charge on any atom is -0.491 e. The molecule has 0 saturated carbocycles. The van der Waals surface area contributed by atoms with Gasteiger partial charge in [-0.25, -0.2) is 0 Å². The van der Waals surface area contributed by atoms with E-state index in [2.05, 4.69) is 0 Å². The number of hydrogen-bond donors (Lipinski definition) is 0. The number of Topliss-reactive ketones (excluding diaryl/α,β-unsaturated/α-hetero) is 1. The van der Waals surface area contributed by atoms with E-state index in [1.54, 1.807) is 6.07 Å². The topological polar surface area (TPSA) is 39.4 Å². The molecule has 2 rings (SSSR count). The SMILES string of the molecule is CCC(=O)c1cc2ccc(OC(C)C)cc2o1. The Bertz CT molecular complexity index is 537.